The maximum Gasteiger partial charge on any atom is 0.260 e. The van der Waals surface area contributed by atoms with Crippen molar-refractivity contribution in [3.8, 4) is 0 Å². The van der Waals surface area contributed by atoms with E-state index in [2.05, 4.69) is 17.2 Å². The van der Waals surface area contributed by atoms with Crippen LogP contribution < -0.4 is 5.32 Å². The molecule has 1 aromatic rings. The number of nitrogens with one attached hydrogen (secondary N) is 1. The Morgan fingerprint density at radius 2 is 2.19 bits per heavy atom. The normalized spacial score (nSPS) is 16.8. The average molecular weight is 309 g/mol. The van der Waals surface area contributed by atoms with E-state index in [1.165, 1.54) is 9.88 Å². The van der Waals surface area contributed by atoms with Crippen LogP contribution in [-0.4, -0.2) is 37.3 Å². The first-order chi connectivity index (χ1) is 10.0. The van der Waals surface area contributed by atoms with Crippen LogP contribution in [0.4, 0.5) is 0 Å². The summed E-state index contributed by atoms with van der Waals surface area (Å²) in [5, 5.41) is 3.40. The van der Waals surface area contributed by atoms with E-state index in [1.807, 2.05) is 19.1 Å². The average Bonchev–Trinajstić information content (AvgIpc) is 2.48. The van der Waals surface area contributed by atoms with E-state index in [-0.39, 0.29) is 5.03 Å². The van der Waals surface area contributed by atoms with Crippen molar-refractivity contribution in [2.24, 2.45) is 0 Å². The number of aromatic nitrogens is 1. The number of hydrogen-bond donors (Lipinski definition) is 1. The molecule has 0 saturated heterocycles. The Balaban J connectivity index is 2.07. The lowest BCUT2D eigenvalue weighted by molar-refractivity contribution is 0.429. The molecule has 2 rings (SSSR count). The molecule has 0 spiro atoms. The summed E-state index contributed by atoms with van der Waals surface area (Å²) in [6, 6.07) is 3.43. The van der Waals surface area contributed by atoms with Crippen molar-refractivity contribution in [2.45, 2.75) is 38.3 Å². The predicted molar refractivity (Wildman–Crippen MR) is 83.4 cm³/mol. The summed E-state index contributed by atoms with van der Waals surface area (Å²) in [5.74, 6) is 0. The fourth-order valence-corrected chi connectivity index (χ4v) is 3.47. The van der Waals surface area contributed by atoms with E-state index >= 15 is 0 Å². The van der Waals surface area contributed by atoms with Crippen molar-refractivity contribution >= 4 is 10.0 Å². The van der Waals surface area contributed by atoms with Gasteiger partial charge in [0.05, 0.1) is 0 Å². The van der Waals surface area contributed by atoms with Gasteiger partial charge in [0.1, 0.15) is 0 Å². The minimum absolute atomic E-state index is 0.134. The van der Waals surface area contributed by atoms with Gasteiger partial charge in [0.2, 0.25) is 0 Å². The van der Waals surface area contributed by atoms with E-state index in [1.54, 1.807) is 12.3 Å². The monoisotopic (exact) mass is 309 g/mol. The first kappa shape index (κ1) is 16.1. The highest BCUT2D eigenvalue weighted by molar-refractivity contribution is 7.89. The van der Waals surface area contributed by atoms with Gasteiger partial charge in [-0.15, -0.1) is 0 Å². The molecule has 0 saturated carbocycles. The number of sulfonamides is 1. The molecule has 6 heteroatoms. The van der Waals surface area contributed by atoms with Crippen molar-refractivity contribution in [3.63, 3.8) is 0 Å². The number of nitrogens with zero attached hydrogens (tertiary/aromatic N) is 2. The summed E-state index contributed by atoms with van der Waals surface area (Å²) in [4.78, 5) is 4.13. The Labute approximate surface area is 127 Å². The quantitative estimate of drug-likeness (QED) is 0.644. The van der Waals surface area contributed by atoms with Crippen molar-refractivity contribution in [1.29, 1.82) is 0 Å². The van der Waals surface area contributed by atoms with Gasteiger partial charge in [-0.3, -0.25) is 0 Å². The van der Waals surface area contributed by atoms with Crippen molar-refractivity contribution in [2.75, 3.05) is 19.6 Å². The van der Waals surface area contributed by atoms with Gasteiger partial charge < -0.3 is 5.32 Å². The van der Waals surface area contributed by atoms with Crippen LogP contribution in [0.25, 0.3) is 0 Å². The highest BCUT2D eigenvalue weighted by atomic mass is 32.2. The molecule has 0 amide bonds. The molecule has 21 heavy (non-hydrogen) atoms. The molecule has 5 nitrogen and oxygen atoms in total. The molecule has 0 aromatic carbocycles. The van der Waals surface area contributed by atoms with Crippen LogP contribution in [0.5, 0.6) is 0 Å². The number of hydrogen-bond acceptors (Lipinski definition) is 4. The van der Waals surface area contributed by atoms with Crippen LogP contribution in [0.1, 0.15) is 32.3 Å². The van der Waals surface area contributed by atoms with E-state index in [0.29, 0.717) is 19.6 Å². The van der Waals surface area contributed by atoms with Crippen molar-refractivity contribution in [3.05, 3.63) is 35.5 Å². The van der Waals surface area contributed by atoms with Gasteiger partial charge in [0.15, 0.2) is 5.03 Å². The molecule has 116 valence electrons. The van der Waals surface area contributed by atoms with Crippen LogP contribution in [0, 0.1) is 0 Å². The van der Waals surface area contributed by atoms with Crippen LogP contribution in [0.2, 0.25) is 0 Å². The largest absolute Gasteiger partial charge is 0.313 e. The lowest BCUT2D eigenvalue weighted by Crippen LogP contribution is -2.35. The second kappa shape index (κ2) is 7.15. The summed E-state index contributed by atoms with van der Waals surface area (Å²) >= 11 is 0. The summed E-state index contributed by atoms with van der Waals surface area (Å²) in [5.41, 5.74) is 2.24. The second-order valence-corrected chi connectivity index (χ2v) is 7.23. The third-order valence-electron chi connectivity index (χ3n) is 3.56. The summed E-state index contributed by atoms with van der Waals surface area (Å²) in [7, 11) is -3.47. The first-order valence-electron chi connectivity index (χ1n) is 7.35. The van der Waals surface area contributed by atoms with Gasteiger partial charge in [-0.1, -0.05) is 24.6 Å². The molecule has 2 heterocycles. The smallest absolute Gasteiger partial charge is 0.260 e. The van der Waals surface area contributed by atoms with E-state index in [0.717, 1.165) is 24.9 Å². The summed E-state index contributed by atoms with van der Waals surface area (Å²) in [6.07, 6.45) is 5.46. The minimum atomic E-state index is -3.47. The molecule has 0 atom stereocenters. The maximum absolute atomic E-state index is 12.5. The molecule has 1 aliphatic rings. The zero-order valence-corrected chi connectivity index (χ0v) is 13.5. The zero-order chi connectivity index (χ0) is 15.3. The van der Waals surface area contributed by atoms with Crippen LogP contribution in [0.15, 0.2) is 35.0 Å². The molecule has 0 unspecified atom stereocenters. The Morgan fingerprint density at radius 3 is 2.76 bits per heavy atom. The second-order valence-electron chi connectivity index (χ2n) is 5.34. The Morgan fingerprint density at radius 1 is 1.38 bits per heavy atom. The van der Waals surface area contributed by atoms with E-state index in [4.69, 9.17) is 0 Å². The lowest BCUT2D eigenvalue weighted by Gasteiger charge is -2.24. The highest BCUT2D eigenvalue weighted by Crippen LogP contribution is 2.18. The van der Waals surface area contributed by atoms with Gasteiger partial charge in [-0.2, -0.15) is 4.31 Å². The summed E-state index contributed by atoms with van der Waals surface area (Å²) < 4.78 is 26.5. The molecule has 0 radical (unpaired) electrons. The third-order valence-corrected chi connectivity index (χ3v) is 5.34. The van der Waals surface area contributed by atoms with E-state index in [9.17, 15) is 8.42 Å². The maximum atomic E-state index is 12.5. The molecule has 1 N–H and O–H groups in total. The molecule has 1 aromatic heterocycles. The fraction of sp³-hybridized carbons (Fsp3) is 0.533. The van der Waals surface area contributed by atoms with Gasteiger partial charge in [-0.05, 0) is 37.9 Å². The predicted octanol–water partition coefficient (Wildman–Crippen LogP) is 1.92. The number of rotatable bonds is 6. The minimum Gasteiger partial charge on any atom is -0.313 e. The summed E-state index contributed by atoms with van der Waals surface area (Å²) in [6.45, 7) is 6.77. The third kappa shape index (κ3) is 4.12. The van der Waals surface area contributed by atoms with Crippen LogP contribution in [0.3, 0.4) is 0 Å². The van der Waals surface area contributed by atoms with Gasteiger partial charge in [0.25, 0.3) is 10.0 Å². The lowest BCUT2D eigenvalue weighted by atomic mass is 10.1. The fourth-order valence-electron chi connectivity index (χ4n) is 2.18. The molecular formula is C15H23N3O2S. The molecule has 0 fully saturated rings. The topological polar surface area (TPSA) is 62.3 Å². The van der Waals surface area contributed by atoms with Gasteiger partial charge in [-0.25, -0.2) is 13.4 Å². The molecule has 1 aliphatic heterocycles. The van der Waals surface area contributed by atoms with Gasteiger partial charge in [0, 0.05) is 25.8 Å². The van der Waals surface area contributed by atoms with Crippen LogP contribution in [-0.2, 0) is 16.6 Å². The van der Waals surface area contributed by atoms with E-state index < -0.39 is 10.0 Å². The molecule has 0 aliphatic carbocycles. The SMILES string of the molecule is CCCNCc1ccc(S(=O)(=O)N2CC=C(C)CC2)nc1. The zero-order valence-electron chi connectivity index (χ0n) is 12.7. The first-order valence-corrected chi connectivity index (χ1v) is 8.79. The standard InChI is InChI=1S/C15H23N3O2S/c1-3-8-16-11-14-4-5-15(17-12-14)21(19,20)18-9-6-13(2)7-10-18/h4-6,12,16H,3,7-11H2,1-2H3. The molecular weight excluding hydrogens is 286 g/mol. The Kier molecular flexibility index (Phi) is 5.50. The van der Waals surface area contributed by atoms with Crippen LogP contribution >= 0.6 is 0 Å². The van der Waals surface area contributed by atoms with Crippen molar-refractivity contribution < 1.29 is 8.42 Å². The molecule has 0 bridgehead atoms. The Bertz CT molecular complexity index is 594. The Hall–Kier alpha value is -1.24. The number of pyridine rings is 1. The van der Waals surface area contributed by atoms with Gasteiger partial charge >= 0.3 is 0 Å². The highest BCUT2D eigenvalue weighted by Gasteiger charge is 2.26. The van der Waals surface area contributed by atoms with Crippen molar-refractivity contribution in [1.82, 2.24) is 14.6 Å².